The Morgan fingerprint density at radius 2 is 1.96 bits per heavy atom. The van der Waals surface area contributed by atoms with Crippen LogP contribution in [0.3, 0.4) is 0 Å². The number of rotatable bonds is 6. The van der Waals surface area contributed by atoms with E-state index in [1.165, 1.54) is 0 Å². The van der Waals surface area contributed by atoms with E-state index in [-0.39, 0.29) is 11.3 Å². The minimum absolute atomic E-state index is 0.0139. The first-order chi connectivity index (χ1) is 12.5. The second-order valence-corrected chi connectivity index (χ2v) is 7.53. The van der Waals surface area contributed by atoms with Crippen molar-refractivity contribution < 1.29 is 19.4 Å². The largest absolute Gasteiger partial charge is 0.497 e. The van der Waals surface area contributed by atoms with E-state index in [1.54, 1.807) is 12.0 Å². The van der Waals surface area contributed by atoms with Crippen LogP contribution in [0.4, 0.5) is 0 Å². The summed E-state index contributed by atoms with van der Waals surface area (Å²) in [5.74, 6) is -0.0799. The molecule has 1 spiro atoms. The zero-order chi connectivity index (χ0) is 18.6. The topological polar surface area (TPSA) is 78.9 Å². The monoisotopic (exact) mass is 360 g/mol. The third-order valence-electron chi connectivity index (χ3n) is 5.79. The van der Waals surface area contributed by atoms with Crippen LogP contribution in [-0.4, -0.2) is 54.7 Å². The van der Waals surface area contributed by atoms with Crippen LogP contribution in [0, 0.1) is 5.41 Å². The maximum atomic E-state index is 12.7. The number of carboxylic acids is 1. The quantitative estimate of drug-likeness (QED) is 0.812. The van der Waals surface area contributed by atoms with E-state index < -0.39 is 12.0 Å². The number of nitrogens with zero attached hydrogens (tertiary/aromatic N) is 1. The van der Waals surface area contributed by atoms with E-state index in [4.69, 9.17) is 4.74 Å². The number of carbonyl (C=O) groups excluding carboxylic acids is 1. The van der Waals surface area contributed by atoms with E-state index in [0.717, 1.165) is 50.1 Å². The van der Waals surface area contributed by atoms with Gasteiger partial charge in [0.15, 0.2) is 0 Å². The fourth-order valence-electron chi connectivity index (χ4n) is 4.24. The molecule has 1 amide bonds. The molecule has 2 aliphatic rings. The molecule has 2 saturated heterocycles. The van der Waals surface area contributed by atoms with E-state index >= 15 is 0 Å². The van der Waals surface area contributed by atoms with Crippen molar-refractivity contribution in [3.05, 3.63) is 29.8 Å². The molecular formula is C20H28N2O4. The summed E-state index contributed by atoms with van der Waals surface area (Å²) >= 11 is 0. The summed E-state index contributed by atoms with van der Waals surface area (Å²) in [6.07, 6.45) is 4.41. The summed E-state index contributed by atoms with van der Waals surface area (Å²) in [4.78, 5) is 26.0. The molecule has 0 aliphatic carbocycles. The fourth-order valence-corrected chi connectivity index (χ4v) is 4.24. The lowest BCUT2D eigenvalue weighted by Crippen LogP contribution is -2.41. The molecule has 142 valence electrons. The van der Waals surface area contributed by atoms with Gasteiger partial charge in [0.05, 0.1) is 7.11 Å². The summed E-state index contributed by atoms with van der Waals surface area (Å²) in [5, 5.41) is 12.9. The Morgan fingerprint density at radius 3 is 2.58 bits per heavy atom. The van der Waals surface area contributed by atoms with Crippen molar-refractivity contribution in [1.82, 2.24) is 10.2 Å². The van der Waals surface area contributed by atoms with Gasteiger partial charge in [-0.2, -0.15) is 0 Å². The number of carboxylic acid groups (broad SMARTS) is 1. The van der Waals surface area contributed by atoms with Gasteiger partial charge in [0.1, 0.15) is 11.8 Å². The van der Waals surface area contributed by atoms with Crippen LogP contribution in [0.15, 0.2) is 24.3 Å². The zero-order valence-corrected chi connectivity index (χ0v) is 15.4. The first-order valence-corrected chi connectivity index (χ1v) is 9.39. The number of aryl methyl sites for hydroxylation is 1. The lowest BCUT2D eigenvalue weighted by molar-refractivity contribution is -0.148. The molecule has 0 radical (unpaired) electrons. The Kier molecular flexibility index (Phi) is 5.81. The molecule has 26 heavy (non-hydrogen) atoms. The van der Waals surface area contributed by atoms with Crippen LogP contribution in [-0.2, 0) is 16.0 Å². The van der Waals surface area contributed by atoms with Gasteiger partial charge in [-0.3, -0.25) is 4.79 Å². The van der Waals surface area contributed by atoms with Crippen LogP contribution in [0.2, 0.25) is 0 Å². The maximum Gasteiger partial charge on any atom is 0.326 e. The molecule has 2 aliphatic heterocycles. The summed E-state index contributed by atoms with van der Waals surface area (Å²) < 4.78 is 5.15. The van der Waals surface area contributed by atoms with Gasteiger partial charge in [0, 0.05) is 13.0 Å². The summed E-state index contributed by atoms with van der Waals surface area (Å²) in [6.45, 7) is 2.41. The minimum atomic E-state index is -0.871. The fraction of sp³-hybridized carbons (Fsp3) is 0.600. The highest BCUT2D eigenvalue weighted by Gasteiger charge is 2.48. The number of aliphatic carboxylic acids is 1. The molecular weight excluding hydrogens is 332 g/mol. The molecule has 1 aromatic carbocycles. The third-order valence-corrected chi connectivity index (χ3v) is 5.79. The molecule has 1 atom stereocenters. The molecule has 0 bridgehead atoms. The van der Waals surface area contributed by atoms with Gasteiger partial charge in [-0.05, 0) is 68.3 Å². The van der Waals surface area contributed by atoms with Crippen molar-refractivity contribution in [2.75, 3.05) is 26.7 Å². The van der Waals surface area contributed by atoms with Gasteiger partial charge in [0.25, 0.3) is 0 Å². The molecule has 6 heteroatoms. The highest BCUT2D eigenvalue weighted by atomic mass is 16.5. The van der Waals surface area contributed by atoms with Gasteiger partial charge >= 0.3 is 5.97 Å². The first kappa shape index (κ1) is 18.7. The van der Waals surface area contributed by atoms with E-state index in [0.29, 0.717) is 19.4 Å². The van der Waals surface area contributed by atoms with Crippen LogP contribution < -0.4 is 10.1 Å². The molecule has 2 fully saturated rings. The number of hydrogen-bond donors (Lipinski definition) is 2. The number of benzene rings is 1. The smallest absolute Gasteiger partial charge is 0.326 e. The average Bonchev–Trinajstić information content (AvgIpc) is 3.02. The third kappa shape index (κ3) is 4.18. The number of hydrogen-bond acceptors (Lipinski definition) is 4. The highest BCUT2D eigenvalue weighted by molar-refractivity contribution is 5.84. The number of nitrogens with one attached hydrogen (secondary N) is 1. The molecule has 2 heterocycles. The highest BCUT2D eigenvalue weighted by Crippen LogP contribution is 2.42. The van der Waals surface area contributed by atoms with Crippen molar-refractivity contribution in [3.63, 3.8) is 0 Å². The Balaban J connectivity index is 1.55. The van der Waals surface area contributed by atoms with Crippen molar-refractivity contribution in [2.24, 2.45) is 5.41 Å². The molecule has 1 aromatic rings. The number of carbonyl (C=O) groups is 2. The average molecular weight is 360 g/mol. The van der Waals surface area contributed by atoms with Crippen LogP contribution >= 0.6 is 0 Å². The standard InChI is InChI=1S/C20H28N2O4/c1-26-16-7-5-15(6-8-16)3-2-4-18(23)22-14-20(9-11-21-12-10-20)13-17(22)19(24)25/h5-8,17,21H,2-4,9-14H2,1H3,(H,24,25). The molecule has 0 saturated carbocycles. The van der Waals surface area contributed by atoms with Crippen molar-refractivity contribution in [2.45, 2.75) is 44.6 Å². The summed E-state index contributed by atoms with van der Waals surface area (Å²) in [5.41, 5.74) is 1.14. The second-order valence-electron chi connectivity index (χ2n) is 7.53. The Labute approximate surface area is 154 Å². The molecule has 2 N–H and O–H groups in total. The normalized spacial score (nSPS) is 21.7. The second kappa shape index (κ2) is 8.08. The lowest BCUT2D eigenvalue weighted by atomic mass is 9.77. The van der Waals surface area contributed by atoms with Gasteiger partial charge in [-0.25, -0.2) is 4.79 Å². The van der Waals surface area contributed by atoms with E-state index in [1.807, 2.05) is 24.3 Å². The van der Waals surface area contributed by atoms with Gasteiger partial charge < -0.3 is 20.1 Å². The SMILES string of the molecule is COc1ccc(CCCC(=O)N2CC3(CCNCC3)CC2C(=O)O)cc1. The molecule has 6 nitrogen and oxygen atoms in total. The Hall–Kier alpha value is -2.08. The van der Waals surface area contributed by atoms with Gasteiger partial charge in [-0.15, -0.1) is 0 Å². The predicted octanol–water partition coefficient (Wildman–Crippen LogP) is 2.07. The summed E-state index contributed by atoms with van der Waals surface area (Å²) in [6, 6.07) is 7.17. The molecule has 1 unspecified atom stereocenters. The van der Waals surface area contributed by atoms with E-state index in [2.05, 4.69) is 5.32 Å². The number of amides is 1. The predicted molar refractivity (Wildman–Crippen MR) is 98.2 cm³/mol. The minimum Gasteiger partial charge on any atom is -0.497 e. The zero-order valence-electron chi connectivity index (χ0n) is 15.4. The Bertz CT molecular complexity index is 638. The van der Waals surface area contributed by atoms with Crippen molar-refractivity contribution in [1.29, 1.82) is 0 Å². The summed E-state index contributed by atoms with van der Waals surface area (Å²) in [7, 11) is 1.64. The lowest BCUT2D eigenvalue weighted by Gasteiger charge is -2.33. The number of likely N-dealkylation sites (tertiary alicyclic amines) is 1. The van der Waals surface area contributed by atoms with Crippen molar-refractivity contribution in [3.8, 4) is 5.75 Å². The Morgan fingerprint density at radius 1 is 1.27 bits per heavy atom. The number of ether oxygens (including phenoxy) is 1. The van der Waals surface area contributed by atoms with Crippen LogP contribution in [0.5, 0.6) is 5.75 Å². The maximum absolute atomic E-state index is 12.7. The van der Waals surface area contributed by atoms with Crippen LogP contribution in [0.25, 0.3) is 0 Å². The van der Waals surface area contributed by atoms with Gasteiger partial charge in [-0.1, -0.05) is 12.1 Å². The molecule has 0 aromatic heterocycles. The van der Waals surface area contributed by atoms with Crippen LogP contribution in [0.1, 0.15) is 37.7 Å². The van der Waals surface area contributed by atoms with E-state index in [9.17, 15) is 14.7 Å². The number of piperidine rings is 1. The molecule has 3 rings (SSSR count). The first-order valence-electron chi connectivity index (χ1n) is 9.39. The number of methoxy groups -OCH3 is 1. The van der Waals surface area contributed by atoms with Gasteiger partial charge in [0.2, 0.25) is 5.91 Å². The van der Waals surface area contributed by atoms with Crippen molar-refractivity contribution >= 4 is 11.9 Å².